The second kappa shape index (κ2) is 7.09. The van der Waals surface area contributed by atoms with Gasteiger partial charge in [-0.25, -0.2) is 4.39 Å². The SMILES string of the molecule is O=C1C[C@@H](NCCCC(F)(F)F)CN1Cc1cccc(F)c1. The minimum atomic E-state index is -4.14. The molecule has 1 aliphatic heterocycles. The van der Waals surface area contributed by atoms with Crippen LogP contribution < -0.4 is 5.32 Å². The molecule has 122 valence electrons. The van der Waals surface area contributed by atoms with Crippen LogP contribution in [0.5, 0.6) is 0 Å². The number of rotatable bonds is 6. The first kappa shape index (κ1) is 16.7. The Morgan fingerprint density at radius 1 is 1.32 bits per heavy atom. The number of hydrogen-bond donors (Lipinski definition) is 1. The fourth-order valence-electron chi connectivity index (χ4n) is 2.51. The summed E-state index contributed by atoms with van der Waals surface area (Å²) in [4.78, 5) is 13.5. The lowest BCUT2D eigenvalue weighted by Gasteiger charge is -2.17. The molecule has 3 nitrogen and oxygen atoms in total. The van der Waals surface area contributed by atoms with Gasteiger partial charge in [-0.05, 0) is 30.7 Å². The molecule has 0 saturated carbocycles. The van der Waals surface area contributed by atoms with E-state index in [0.29, 0.717) is 18.7 Å². The van der Waals surface area contributed by atoms with Gasteiger partial charge in [0, 0.05) is 32.0 Å². The number of halogens is 4. The van der Waals surface area contributed by atoms with Crippen molar-refractivity contribution in [1.82, 2.24) is 10.2 Å². The molecule has 1 aromatic carbocycles. The van der Waals surface area contributed by atoms with Crippen LogP contribution in [-0.2, 0) is 11.3 Å². The number of nitrogens with one attached hydrogen (secondary N) is 1. The fourth-order valence-corrected chi connectivity index (χ4v) is 2.51. The molecule has 0 aliphatic carbocycles. The molecule has 1 atom stereocenters. The molecule has 1 aliphatic rings. The van der Waals surface area contributed by atoms with E-state index in [1.807, 2.05) is 0 Å². The van der Waals surface area contributed by atoms with Gasteiger partial charge in [-0.15, -0.1) is 0 Å². The lowest BCUT2D eigenvalue weighted by molar-refractivity contribution is -0.135. The number of amides is 1. The normalized spacial score (nSPS) is 19.0. The van der Waals surface area contributed by atoms with Gasteiger partial charge in [-0.1, -0.05) is 12.1 Å². The monoisotopic (exact) mass is 318 g/mol. The van der Waals surface area contributed by atoms with Crippen molar-refractivity contribution in [1.29, 1.82) is 0 Å². The summed E-state index contributed by atoms with van der Waals surface area (Å²) in [6.07, 6.45) is -4.70. The molecule has 1 fully saturated rings. The number of carbonyl (C=O) groups is 1. The summed E-state index contributed by atoms with van der Waals surface area (Å²) < 4.78 is 49.2. The van der Waals surface area contributed by atoms with Gasteiger partial charge in [0.1, 0.15) is 5.82 Å². The van der Waals surface area contributed by atoms with E-state index >= 15 is 0 Å². The molecule has 0 bridgehead atoms. The largest absolute Gasteiger partial charge is 0.389 e. The van der Waals surface area contributed by atoms with E-state index in [9.17, 15) is 22.4 Å². The van der Waals surface area contributed by atoms with Crippen molar-refractivity contribution in [3.63, 3.8) is 0 Å². The van der Waals surface area contributed by atoms with Gasteiger partial charge in [0.2, 0.25) is 5.91 Å². The van der Waals surface area contributed by atoms with Crippen molar-refractivity contribution in [2.75, 3.05) is 13.1 Å². The maximum absolute atomic E-state index is 13.1. The molecule has 7 heteroatoms. The second-order valence-corrected chi connectivity index (χ2v) is 5.48. The van der Waals surface area contributed by atoms with Gasteiger partial charge >= 0.3 is 6.18 Å². The first-order valence-electron chi connectivity index (χ1n) is 7.16. The Balaban J connectivity index is 1.76. The molecule has 1 aromatic rings. The zero-order valence-electron chi connectivity index (χ0n) is 12.0. The molecular weight excluding hydrogens is 300 g/mol. The van der Waals surface area contributed by atoms with Crippen LogP contribution in [0.4, 0.5) is 17.6 Å². The summed E-state index contributed by atoms with van der Waals surface area (Å²) in [6.45, 7) is 0.976. The molecule has 1 heterocycles. The first-order chi connectivity index (χ1) is 10.3. The number of nitrogens with zero attached hydrogens (tertiary/aromatic N) is 1. The van der Waals surface area contributed by atoms with Crippen LogP contribution >= 0.6 is 0 Å². The van der Waals surface area contributed by atoms with Crippen LogP contribution in [-0.4, -0.2) is 36.1 Å². The van der Waals surface area contributed by atoms with E-state index in [4.69, 9.17) is 0 Å². The highest BCUT2D eigenvalue weighted by molar-refractivity contribution is 5.79. The van der Waals surface area contributed by atoms with Crippen molar-refractivity contribution >= 4 is 5.91 Å². The number of benzene rings is 1. The minimum Gasteiger partial charge on any atom is -0.337 e. The molecule has 0 spiro atoms. The maximum atomic E-state index is 13.1. The predicted octanol–water partition coefficient (Wildman–Crippen LogP) is 2.86. The third-order valence-corrected chi connectivity index (χ3v) is 3.55. The highest BCUT2D eigenvalue weighted by Gasteiger charge is 2.30. The molecule has 1 saturated heterocycles. The summed E-state index contributed by atoms with van der Waals surface area (Å²) >= 11 is 0. The summed E-state index contributed by atoms with van der Waals surface area (Å²) in [5.41, 5.74) is 0.700. The molecule has 0 unspecified atom stereocenters. The van der Waals surface area contributed by atoms with E-state index < -0.39 is 12.6 Å². The zero-order valence-corrected chi connectivity index (χ0v) is 12.0. The zero-order chi connectivity index (χ0) is 16.2. The summed E-state index contributed by atoms with van der Waals surface area (Å²) in [5.74, 6) is -0.427. The van der Waals surface area contributed by atoms with Gasteiger partial charge in [-0.3, -0.25) is 4.79 Å². The van der Waals surface area contributed by atoms with Gasteiger partial charge in [0.05, 0.1) is 0 Å². The van der Waals surface area contributed by atoms with Gasteiger partial charge < -0.3 is 10.2 Å². The lowest BCUT2D eigenvalue weighted by atomic mass is 10.2. The molecule has 0 radical (unpaired) electrons. The van der Waals surface area contributed by atoms with E-state index in [-0.39, 0.29) is 37.2 Å². The Bertz CT molecular complexity index is 519. The van der Waals surface area contributed by atoms with Crippen molar-refractivity contribution in [3.8, 4) is 0 Å². The van der Waals surface area contributed by atoms with Gasteiger partial charge in [-0.2, -0.15) is 13.2 Å². The average Bonchev–Trinajstić information content (AvgIpc) is 2.74. The summed E-state index contributed by atoms with van der Waals surface area (Å²) in [7, 11) is 0. The Morgan fingerprint density at radius 3 is 2.77 bits per heavy atom. The van der Waals surface area contributed by atoms with Crippen molar-refractivity contribution in [2.24, 2.45) is 0 Å². The number of likely N-dealkylation sites (tertiary alicyclic amines) is 1. The minimum absolute atomic E-state index is 0.00190. The highest BCUT2D eigenvalue weighted by Crippen LogP contribution is 2.21. The van der Waals surface area contributed by atoms with Crippen LogP contribution in [0.25, 0.3) is 0 Å². The predicted molar refractivity (Wildman–Crippen MR) is 73.5 cm³/mol. The van der Waals surface area contributed by atoms with Crippen LogP contribution in [0.15, 0.2) is 24.3 Å². The van der Waals surface area contributed by atoms with Gasteiger partial charge in [0.15, 0.2) is 0 Å². The van der Waals surface area contributed by atoms with E-state index in [1.54, 1.807) is 17.0 Å². The van der Waals surface area contributed by atoms with Crippen LogP contribution in [0.2, 0.25) is 0 Å². The molecule has 22 heavy (non-hydrogen) atoms. The third-order valence-electron chi connectivity index (χ3n) is 3.55. The van der Waals surface area contributed by atoms with Gasteiger partial charge in [0.25, 0.3) is 0 Å². The topological polar surface area (TPSA) is 32.3 Å². The quantitative estimate of drug-likeness (QED) is 0.646. The van der Waals surface area contributed by atoms with Crippen molar-refractivity contribution in [2.45, 2.75) is 38.0 Å². The van der Waals surface area contributed by atoms with E-state index in [2.05, 4.69) is 5.32 Å². The Labute approximate surface area is 126 Å². The van der Waals surface area contributed by atoms with Crippen molar-refractivity contribution < 1.29 is 22.4 Å². The van der Waals surface area contributed by atoms with E-state index in [0.717, 1.165) is 0 Å². The maximum Gasteiger partial charge on any atom is 0.389 e. The molecule has 1 N–H and O–H groups in total. The molecule has 1 amide bonds. The Hall–Kier alpha value is -1.63. The Kier molecular flexibility index (Phi) is 5.39. The van der Waals surface area contributed by atoms with Crippen LogP contribution in [0.3, 0.4) is 0 Å². The standard InChI is InChI=1S/C15H18F4N2O/c16-12-4-1-3-11(7-12)9-21-10-13(8-14(21)22)20-6-2-5-15(17,18)19/h1,3-4,7,13,20H,2,5-6,8-10H2/t13-/m1/s1. The average molecular weight is 318 g/mol. The van der Waals surface area contributed by atoms with Crippen LogP contribution in [0.1, 0.15) is 24.8 Å². The summed E-state index contributed by atoms with van der Waals surface area (Å²) in [6, 6.07) is 5.88. The first-order valence-corrected chi connectivity index (χ1v) is 7.16. The fraction of sp³-hybridized carbons (Fsp3) is 0.533. The van der Waals surface area contributed by atoms with Crippen LogP contribution in [0, 0.1) is 5.82 Å². The summed E-state index contributed by atoms with van der Waals surface area (Å²) in [5, 5.41) is 2.98. The lowest BCUT2D eigenvalue weighted by Crippen LogP contribution is -2.33. The molecular formula is C15H18F4N2O. The number of carbonyl (C=O) groups excluding carboxylic acids is 1. The highest BCUT2D eigenvalue weighted by atomic mass is 19.4. The van der Waals surface area contributed by atoms with E-state index in [1.165, 1.54) is 12.1 Å². The second-order valence-electron chi connectivity index (χ2n) is 5.48. The third kappa shape index (κ3) is 5.29. The Morgan fingerprint density at radius 2 is 2.09 bits per heavy atom. The van der Waals surface area contributed by atoms with Crippen molar-refractivity contribution in [3.05, 3.63) is 35.6 Å². The molecule has 2 rings (SSSR count). The number of hydrogen-bond acceptors (Lipinski definition) is 2. The molecule has 0 aromatic heterocycles. The smallest absolute Gasteiger partial charge is 0.337 e. The number of alkyl halides is 3.